The number of carbonyl (C=O) groups is 2. The molecule has 25 nitrogen and oxygen atoms in total. The highest BCUT2D eigenvalue weighted by Gasteiger charge is 2.52. The van der Waals surface area contributed by atoms with Gasteiger partial charge in [0.1, 0.15) is 67.5 Å². The van der Waals surface area contributed by atoms with Crippen LogP contribution in [0, 0.1) is 0 Å². The first-order valence-corrected chi connectivity index (χ1v) is 21.7. The van der Waals surface area contributed by atoms with Crippen molar-refractivity contribution in [2.75, 3.05) is 107 Å². The lowest BCUT2D eigenvalue weighted by Crippen LogP contribution is -2.66. The molecule has 2 amide bonds. The number of hydrogen-bond acceptors (Lipinski definition) is 23. The van der Waals surface area contributed by atoms with Crippen LogP contribution in [0.25, 0.3) is 0 Å². The molecule has 10 N–H and O–H groups in total. The molecule has 62 heavy (non-hydrogen) atoms. The first-order chi connectivity index (χ1) is 29.4. The Kier molecular flexibility index (Phi) is 23.1. The Balaban J connectivity index is 1.55. The van der Waals surface area contributed by atoms with Gasteiger partial charge in [0.15, 0.2) is 12.0 Å². The highest BCUT2D eigenvalue weighted by Crippen LogP contribution is 2.51. The van der Waals surface area contributed by atoms with E-state index in [2.05, 4.69) is 22.2 Å². The minimum absolute atomic E-state index is 0.0355. The van der Waals surface area contributed by atoms with E-state index in [0.717, 1.165) is 6.66 Å². The Hall–Kier alpha value is -2.92. The summed E-state index contributed by atoms with van der Waals surface area (Å²) in [5.74, 6) is -2.59. The Morgan fingerprint density at radius 1 is 1.03 bits per heavy atom. The van der Waals surface area contributed by atoms with Crippen LogP contribution in [0.4, 0.5) is 4.79 Å². The molecule has 3 aliphatic heterocycles. The highest BCUT2D eigenvalue weighted by molar-refractivity contribution is 7.53. The lowest BCUT2D eigenvalue weighted by molar-refractivity contribution is -0.282. The average Bonchev–Trinajstić information content (AvgIpc) is 3.50. The molecule has 2 fully saturated rings. The molecule has 2 saturated heterocycles. The lowest BCUT2D eigenvalue weighted by Gasteiger charge is -2.47. The van der Waals surface area contributed by atoms with Gasteiger partial charge in [0, 0.05) is 33.5 Å². The second-order valence-electron chi connectivity index (χ2n) is 14.4. The van der Waals surface area contributed by atoms with Crippen LogP contribution < -0.4 is 16.4 Å². The summed E-state index contributed by atoms with van der Waals surface area (Å²) in [5, 5.41) is 68.1. The molecule has 3 heterocycles. The summed E-state index contributed by atoms with van der Waals surface area (Å²) in [6, 6.07) is -1.47. The Morgan fingerprint density at radius 3 is 2.32 bits per heavy atom. The third-order valence-electron chi connectivity index (χ3n) is 9.30. The van der Waals surface area contributed by atoms with E-state index < -0.39 is 113 Å². The van der Waals surface area contributed by atoms with Crippen LogP contribution in [0.5, 0.6) is 0 Å². The summed E-state index contributed by atoms with van der Waals surface area (Å²) < 4.78 is 73.6. The van der Waals surface area contributed by atoms with Gasteiger partial charge in [-0.1, -0.05) is 6.58 Å². The molecule has 0 saturated carbocycles. The number of carbonyl (C=O) groups excluding carboxylic acids is 2. The fourth-order valence-electron chi connectivity index (χ4n) is 6.23. The van der Waals surface area contributed by atoms with Crippen molar-refractivity contribution >= 4 is 25.4 Å². The lowest BCUT2D eigenvalue weighted by atomic mass is 9.89. The second kappa shape index (κ2) is 26.8. The van der Waals surface area contributed by atoms with Crippen molar-refractivity contribution in [2.45, 2.75) is 80.2 Å². The van der Waals surface area contributed by atoms with E-state index in [0.29, 0.717) is 33.0 Å². The van der Waals surface area contributed by atoms with Crippen molar-refractivity contribution in [1.82, 2.24) is 15.5 Å². The maximum Gasteiger partial charge on any atom is 0.407 e. The number of aliphatic imine (C=N–C) groups is 1. The highest BCUT2D eigenvalue weighted by atomic mass is 31.2. The van der Waals surface area contributed by atoms with E-state index in [9.17, 15) is 44.8 Å². The Bertz CT molecular complexity index is 1500. The largest absolute Gasteiger partial charge is 0.447 e. The molecule has 0 radical (unpaired) electrons. The minimum atomic E-state index is -4.19. The van der Waals surface area contributed by atoms with Crippen molar-refractivity contribution in [3.8, 4) is 0 Å². The quantitative estimate of drug-likeness (QED) is 0.0259. The fraction of sp³-hybridized carbons (Fsp3) is 0.806. The number of amidine groups is 1. The molecule has 0 aromatic heterocycles. The molecule has 26 heteroatoms. The molecular formula is C36H64N5O20P. The van der Waals surface area contributed by atoms with Crippen molar-refractivity contribution in [1.29, 1.82) is 0 Å². The zero-order valence-electron chi connectivity index (χ0n) is 35.4. The molecule has 3 rings (SSSR count). The number of alkyl carbamates (subject to hydrolysis) is 1. The molecule has 12 unspecified atom stereocenters. The fourth-order valence-corrected chi connectivity index (χ4v) is 7.52. The molecule has 0 aliphatic carbocycles. The smallest absolute Gasteiger partial charge is 0.407 e. The normalized spacial score (nSPS) is 28.8. The van der Waals surface area contributed by atoms with Crippen LogP contribution in [0.15, 0.2) is 29.7 Å². The van der Waals surface area contributed by atoms with Crippen LogP contribution in [0.1, 0.15) is 13.3 Å². The first-order valence-electron chi connectivity index (χ1n) is 19.7. The van der Waals surface area contributed by atoms with E-state index in [1.54, 1.807) is 14.2 Å². The third kappa shape index (κ3) is 17.6. The Morgan fingerprint density at radius 2 is 1.68 bits per heavy atom. The monoisotopic (exact) mass is 917 g/mol. The summed E-state index contributed by atoms with van der Waals surface area (Å²) in [7, 11) is -1.10. The van der Waals surface area contributed by atoms with Crippen LogP contribution in [-0.4, -0.2) is 227 Å². The van der Waals surface area contributed by atoms with Crippen molar-refractivity contribution < 1.29 is 96.5 Å². The summed E-state index contributed by atoms with van der Waals surface area (Å²) in [6.45, 7) is 6.13. The SMILES string of the molecule is C=C1N=C(N)C=CN1C1OC(COP(C)(=O)OC2(C)CC(O)C(NC(=O)CNC(=O)OCC(COCCOCCOC)OCCOCCOC)C(C(O)C(O)CO)O2)C(O)C1O. The minimum Gasteiger partial charge on any atom is -0.447 e. The molecule has 358 valence electrons. The summed E-state index contributed by atoms with van der Waals surface area (Å²) in [5.41, 5.74) is 5.67. The van der Waals surface area contributed by atoms with Gasteiger partial charge >= 0.3 is 13.7 Å². The van der Waals surface area contributed by atoms with Crippen LogP contribution in [-0.2, 0) is 61.0 Å². The number of rotatable bonds is 29. The average molecular weight is 918 g/mol. The maximum absolute atomic E-state index is 13.6. The maximum atomic E-state index is 13.6. The third-order valence-corrected chi connectivity index (χ3v) is 10.6. The van der Waals surface area contributed by atoms with Crippen molar-refractivity contribution in [2.24, 2.45) is 10.7 Å². The van der Waals surface area contributed by atoms with Gasteiger partial charge in [-0.2, -0.15) is 0 Å². The predicted octanol–water partition coefficient (Wildman–Crippen LogP) is -3.53. The van der Waals surface area contributed by atoms with Gasteiger partial charge in [-0.05, 0) is 13.0 Å². The van der Waals surface area contributed by atoms with Crippen molar-refractivity contribution in [3.05, 3.63) is 24.7 Å². The van der Waals surface area contributed by atoms with E-state index >= 15 is 0 Å². The van der Waals surface area contributed by atoms with Gasteiger partial charge in [-0.15, -0.1) is 0 Å². The standard InChI is InChI=1S/C36H64N5O20P/c1-22-39-27(37)6-7-41(22)34-32(48)31(47)26(59-34)21-58-62(5,50)61-36(2)16-24(43)29(33(60-36)30(46)25(44)18-42)40-28(45)17-38-35(49)57-20-23(56-15-14-54-11-9-52-4)19-55-13-12-53-10-8-51-3/h6-7,23-26,29-34,42-44,46-48H,1,8-21H2,2-5H3,(H2,37,39)(H,38,49)(H,40,45). The number of nitrogens with zero attached hydrogens (tertiary/aromatic N) is 2. The molecule has 0 aromatic rings. The molecule has 0 bridgehead atoms. The topological polar surface area (TPSA) is 340 Å². The first kappa shape index (κ1) is 53.4. The predicted molar refractivity (Wildman–Crippen MR) is 213 cm³/mol. The molecule has 3 aliphatic rings. The van der Waals surface area contributed by atoms with E-state index in [-0.39, 0.29) is 44.7 Å². The number of aliphatic hydroxyl groups excluding tert-OH is 6. The van der Waals surface area contributed by atoms with Crippen LogP contribution in [0.3, 0.4) is 0 Å². The van der Waals surface area contributed by atoms with E-state index in [1.807, 2.05) is 0 Å². The number of amides is 2. The summed E-state index contributed by atoms with van der Waals surface area (Å²) in [4.78, 5) is 30.9. The van der Waals surface area contributed by atoms with E-state index in [1.165, 1.54) is 24.1 Å². The number of nitrogens with one attached hydrogen (secondary N) is 2. The number of aliphatic hydroxyl groups is 6. The zero-order chi connectivity index (χ0) is 45.9. The van der Waals surface area contributed by atoms with Crippen LogP contribution in [0.2, 0.25) is 0 Å². The van der Waals surface area contributed by atoms with Gasteiger partial charge in [0.2, 0.25) is 5.91 Å². The second-order valence-corrected chi connectivity index (χ2v) is 16.4. The van der Waals surface area contributed by atoms with Gasteiger partial charge in [0.25, 0.3) is 0 Å². The number of nitrogens with two attached hydrogens (primary N) is 1. The number of ether oxygens (including phenoxy) is 9. The molecule has 0 spiro atoms. The van der Waals surface area contributed by atoms with Crippen LogP contribution >= 0.6 is 7.60 Å². The summed E-state index contributed by atoms with van der Waals surface area (Å²) >= 11 is 0. The van der Waals surface area contributed by atoms with Gasteiger partial charge in [-0.25, -0.2) is 9.79 Å². The van der Waals surface area contributed by atoms with Gasteiger partial charge < -0.3 is 99.1 Å². The van der Waals surface area contributed by atoms with Gasteiger partial charge in [-0.3, -0.25) is 13.9 Å². The number of methoxy groups -OCH3 is 2. The molecular weight excluding hydrogens is 853 g/mol. The molecule has 12 atom stereocenters. The zero-order valence-corrected chi connectivity index (χ0v) is 36.2. The van der Waals surface area contributed by atoms with E-state index in [4.69, 9.17) is 57.4 Å². The Labute approximate surface area is 359 Å². The number of hydrogen-bond donors (Lipinski definition) is 9. The molecule has 0 aromatic carbocycles. The summed E-state index contributed by atoms with van der Waals surface area (Å²) in [6.07, 6.45) is -11.7. The van der Waals surface area contributed by atoms with Gasteiger partial charge in [0.05, 0.1) is 84.8 Å². The van der Waals surface area contributed by atoms with Crippen molar-refractivity contribution in [3.63, 3.8) is 0 Å².